The Hall–Kier alpha value is -2.23. The van der Waals surface area contributed by atoms with Crippen LogP contribution in [0.5, 0.6) is 0 Å². The van der Waals surface area contributed by atoms with E-state index < -0.39 is 30.4 Å². The fourth-order valence-corrected chi connectivity index (χ4v) is 2.42. The molecule has 1 aromatic heterocycles. The maximum atomic E-state index is 12.1. The maximum absolute atomic E-state index is 12.1. The van der Waals surface area contributed by atoms with E-state index in [9.17, 15) is 14.4 Å². The summed E-state index contributed by atoms with van der Waals surface area (Å²) in [5, 5.41) is 22.4. The van der Waals surface area contributed by atoms with E-state index >= 15 is 0 Å². The Morgan fingerprint density at radius 2 is 2.30 bits per heavy atom. The number of rotatable bonds is 3. The number of urea groups is 1. The van der Waals surface area contributed by atoms with Crippen molar-refractivity contribution in [2.45, 2.75) is 19.4 Å². The van der Waals surface area contributed by atoms with Gasteiger partial charge < -0.3 is 15.3 Å². The van der Waals surface area contributed by atoms with Gasteiger partial charge in [-0.3, -0.25) is 14.9 Å². The van der Waals surface area contributed by atoms with Gasteiger partial charge in [-0.25, -0.2) is 4.79 Å². The average molecular weight is 299 g/mol. The first-order valence-electron chi connectivity index (χ1n) is 5.84. The second-order valence-corrected chi connectivity index (χ2v) is 5.34. The lowest BCUT2D eigenvalue weighted by Crippen LogP contribution is -2.58. The van der Waals surface area contributed by atoms with Gasteiger partial charge in [-0.15, -0.1) is 10.2 Å². The summed E-state index contributed by atoms with van der Waals surface area (Å²) >= 11 is 1.20. The first kappa shape index (κ1) is 14.2. The largest absolute Gasteiger partial charge is 0.481 e. The van der Waals surface area contributed by atoms with Gasteiger partial charge in [0, 0.05) is 13.1 Å². The zero-order valence-electron chi connectivity index (χ0n) is 10.6. The predicted molar refractivity (Wildman–Crippen MR) is 69.4 cm³/mol. The Labute approximate surface area is 118 Å². The van der Waals surface area contributed by atoms with E-state index in [0.29, 0.717) is 10.1 Å². The number of carboxylic acid groups (broad SMARTS) is 1. The van der Waals surface area contributed by atoms with Gasteiger partial charge in [-0.2, -0.15) is 0 Å². The van der Waals surface area contributed by atoms with E-state index in [1.807, 2.05) is 0 Å². The van der Waals surface area contributed by atoms with E-state index in [4.69, 9.17) is 5.11 Å². The molecule has 0 spiro atoms. The first-order chi connectivity index (χ1) is 9.47. The minimum absolute atomic E-state index is 0.243. The molecule has 0 saturated carbocycles. The van der Waals surface area contributed by atoms with E-state index in [-0.39, 0.29) is 13.1 Å². The lowest BCUT2D eigenvalue weighted by Gasteiger charge is -2.33. The molecular formula is C10H13N5O4S. The minimum atomic E-state index is -1.14. The molecule has 1 aromatic rings. The average Bonchev–Trinajstić information content (AvgIpc) is 2.76. The standard InChI is InChI=1S/C10H13N5O4S/c1-5-13-14-9(20-5)12-10(19)15-3-2-11-8(18)6(15)4-7(16)17/h6H,2-4H2,1H3,(H,11,18)(H,16,17)(H,12,14,19). The first-order valence-corrected chi connectivity index (χ1v) is 6.66. The molecular weight excluding hydrogens is 286 g/mol. The van der Waals surface area contributed by atoms with Crippen LogP contribution in [0.1, 0.15) is 11.4 Å². The van der Waals surface area contributed by atoms with Crippen molar-refractivity contribution in [3.63, 3.8) is 0 Å². The lowest BCUT2D eigenvalue weighted by atomic mass is 10.1. The molecule has 1 saturated heterocycles. The molecule has 1 atom stereocenters. The van der Waals surface area contributed by atoms with Crippen molar-refractivity contribution in [3.05, 3.63) is 5.01 Å². The van der Waals surface area contributed by atoms with Crippen LogP contribution in [0.4, 0.5) is 9.93 Å². The van der Waals surface area contributed by atoms with Gasteiger partial charge in [0.05, 0.1) is 6.42 Å². The molecule has 0 bridgehead atoms. The van der Waals surface area contributed by atoms with Crippen LogP contribution in [-0.4, -0.2) is 57.2 Å². The molecule has 3 N–H and O–H groups in total. The number of aliphatic carboxylic acids is 1. The molecule has 0 aromatic carbocycles. The quantitative estimate of drug-likeness (QED) is 0.701. The number of aromatic nitrogens is 2. The van der Waals surface area contributed by atoms with Crippen LogP contribution >= 0.6 is 11.3 Å². The molecule has 0 radical (unpaired) electrons. The number of aryl methyl sites for hydroxylation is 1. The Bertz CT molecular complexity index is 546. The van der Waals surface area contributed by atoms with Crippen molar-refractivity contribution < 1.29 is 19.5 Å². The monoisotopic (exact) mass is 299 g/mol. The van der Waals surface area contributed by atoms with E-state index in [1.165, 1.54) is 16.2 Å². The highest BCUT2D eigenvalue weighted by molar-refractivity contribution is 7.15. The van der Waals surface area contributed by atoms with Crippen LogP contribution in [0.15, 0.2) is 0 Å². The molecule has 9 nitrogen and oxygen atoms in total. The van der Waals surface area contributed by atoms with Crippen LogP contribution in [0.2, 0.25) is 0 Å². The molecule has 20 heavy (non-hydrogen) atoms. The van der Waals surface area contributed by atoms with Gasteiger partial charge >= 0.3 is 12.0 Å². The highest BCUT2D eigenvalue weighted by atomic mass is 32.1. The van der Waals surface area contributed by atoms with E-state index in [0.717, 1.165) is 0 Å². The number of anilines is 1. The zero-order valence-corrected chi connectivity index (χ0v) is 11.4. The van der Waals surface area contributed by atoms with Crippen molar-refractivity contribution in [1.82, 2.24) is 20.4 Å². The van der Waals surface area contributed by atoms with Crippen LogP contribution in [0.25, 0.3) is 0 Å². The van der Waals surface area contributed by atoms with Gasteiger partial charge in [-0.1, -0.05) is 11.3 Å². The van der Waals surface area contributed by atoms with Crippen LogP contribution in [0, 0.1) is 6.92 Å². The summed E-state index contributed by atoms with van der Waals surface area (Å²) in [5.41, 5.74) is 0. The molecule has 2 heterocycles. The third kappa shape index (κ3) is 3.20. The number of piperazine rings is 1. The van der Waals surface area contributed by atoms with Crippen LogP contribution in [-0.2, 0) is 9.59 Å². The molecule has 0 aliphatic carbocycles. The van der Waals surface area contributed by atoms with Gasteiger partial charge in [0.25, 0.3) is 0 Å². The van der Waals surface area contributed by atoms with Crippen LogP contribution in [0.3, 0.4) is 0 Å². The minimum Gasteiger partial charge on any atom is -0.481 e. The summed E-state index contributed by atoms with van der Waals surface area (Å²) in [7, 11) is 0. The van der Waals surface area contributed by atoms with Crippen molar-refractivity contribution in [3.8, 4) is 0 Å². The second kappa shape index (κ2) is 5.82. The fraction of sp³-hybridized carbons (Fsp3) is 0.500. The molecule has 2 rings (SSSR count). The maximum Gasteiger partial charge on any atom is 0.324 e. The topological polar surface area (TPSA) is 125 Å². The normalized spacial score (nSPS) is 18.6. The molecule has 108 valence electrons. The number of amides is 3. The summed E-state index contributed by atoms with van der Waals surface area (Å²) in [6, 6.07) is -1.57. The number of carbonyl (C=O) groups excluding carboxylic acids is 2. The smallest absolute Gasteiger partial charge is 0.324 e. The van der Waals surface area contributed by atoms with Gasteiger partial charge in [-0.05, 0) is 6.92 Å². The molecule has 10 heteroatoms. The second-order valence-electron chi connectivity index (χ2n) is 4.15. The number of nitrogens with one attached hydrogen (secondary N) is 2. The molecule has 1 unspecified atom stereocenters. The van der Waals surface area contributed by atoms with Crippen molar-refractivity contribution >= 4 is 34.4 Å². The highest BCUT2D eigenvalue weighted by Gasteiger charge is 2.35. The predicted octanol–water partition coefficient (Wildman–Crippen LogP) is -0.346. The SMILES string of the molecule is Cc1nnc(NC(=O)N2CCNC(=O)C2CC(=O)O)s1. The number of nitrogens with zero attached hydrogens (tertiary/aromatic N) is 3. The Morgan fingerprint density at radius 3 is 2.90 bits per heavy atom. The summed E-state index contributed by atoms with van der Waals surface area (Å²) < 4.78 is 0. The number of carboxylic acids is 1. The highest BCUT2D eigenvalue weighted by Crippen LogP contribution is 2.16. The Balaban J connectivity index is 2.08. The lowest BCUT2D eigenvalue weighted by molar-refractivity contribution is -0.142. The Morgan fingerprint density at radius 1 is 1.55 bits per heavy atom. The fourth-order valence-electron chi connectivity index (χ4n) is 1.84. The summed E-state index contributed by atoms with van der Waals surface area (Å²) in [6.45, 7) is 2.28. The van der Waals surface area contributed by atoms with Gasteiger partial charge in [0.2, 0.25) is 11.0 Å². The third-order valence-corrected chi connectivity index (χ3v) is 3.45. The van der Waals surface area contributed by atoms with Gasteiger partial charge in [0.1, 0.15) is 11.0 Å². The third-order valence-electron chi connectivity index (χ3n) is 2.70. The van der Waals surface area contributed by atoms with Gasteiger partial charge in [0.15, 0.2) is 0 Å². The van der Waals surface area contributed by atoms with Crippen molar-refractivity contribution in [2.24, 2.45) is 0 Å². The zero-order chi connectivity index (χ0) is 14.7. The summed E-state index contributed by atoms with van der Waals surface area (Å²) in [5.74, 6) is -1.61. The van der Waals surface area contributed by atoms with E-state index in [1.54, 1.807) is 6.92 Å². The number of hydrogen-bond donors (Lipinski definition) is 3. The van der Waals surface area contributed by atoms with Crippen LogP contribution < -0.4 is 10.6 Å². The molecule has 1 aliphatic rings. The molecule has 3 amide bonds. The van der Waals surface area contributed by atoms with Crippen molar-refractivity contribution in [2.75, 3.05) is 18.4 Å². The molecule has 1 fully saturated rings. The number of hydrogen-bond acceptors (Lipinski definition) is 6. The summed E-state index contributed by atoms with van der Waals surface area (Å²) in [4.78, 5) is 35.8. The van der Waals surface area contributed by atoms with Crippen molar-refractivity contribution in [1.29, 1.82) is 0 Å². The molecule has 1 aliphatic heterocycles. The number of carbonyl (C=O) groups is 3. The summed E-state index contributed by atoms with van der Waals surface area (Å²) in [6.07, 6.45) is -0.436. The van der Waals surface area contributed by atoms with E-state index in [2.05, 4.69) is 20.8 Å². The Kier molecular flexibility index (Phi) is 4.13.